The number of amides is 3. The Morgan fingerprint density at radius 1 is 1.45 bits per heavy atom. The molecule has 1 aromatic carbocycles. The third-order valence-corrected chi connectivity index (χ3v) is 3.26. The summed E-state index contributed by atoms with van der Waals surface area (Å²) >= 11 is 0. The molecule has 1 atom stereocenters. The molecule has 7 nitrogen and oxygen atoms in total. The lowest BCUT2D eigenvalue weighted by atomic mass is 10.1. The lowest BCUT2D eigenvalue weighted by Gasteiger charge is -2.09. The molecule has 1 aromatic heterocycles. The van der Waals surface area contributed by atoms with E-state index in [9.17, 15) is 14.4 Å². The maximum atomic E-state index is 12.1. The number of fused-ring (bicyclic) bond motifs is 1. The van der Waals surface area contributed by atoms with Gasteiger partial charge in [-0.15, -0.1) is 0 Å². The van der Waals surface area contributed by atoms with Crippen molar-refractivity contribution in [3.8, 4) is 0 Å². The first-order valence-electron chi connectivity index (χ1n) is 6.10. The molecule has 1 fully saturated rings. The van der Waals surface area contributed by atoms with Gasteiger partial charge in [-0.3, -0.25) is 19.7 Å². The van der Waals surface area contributed by atoms with Gasteiger partial charge in [0.25, 0.3) is 5.91 Å². The van der Waals surface area contributed by atoms with E-state index in [2.05, 4.69) is 15.6 Å². The molecule has 0 spiro atoms. The lowest BCUT2D eigenvalue weighted by molar-refractivity contribution is -0.125. The van der Waals surface area contributed by atoms with Crippen molar-refractivity contribution in [3.63, 3.8) is 0 Å². The van der Waals surface area contributed by atoms with E-state index in [1.54, 1.807) is 29.1 Å². The van der Waals surface area contributed by atoms with Crippen molar-refractivity contribution in [3.05, 3.63) is 30.1 Å². The monoisotopic (exact) mass is 272 g/mol. The van der Waals surface area contributed by atoms with Crippen molar-refractivity contribution in [2.75, 3.05) is 0 Å². The SMILES string of the molecule is Cn1cnc2ccc(C(=O)NC3CC(=O)NC3=O)cc21. The van der Waals surface area contributed by atoms with Crippen LogP contribution in [0.25, 0.3) is 11.0 Å². The van der Waals surface area contributed by atoms with Gasteiger partial charge in [0.05, 0.1) is 23.8 Å². The lowest BCUT2D eigenvalue weighted by Crippen LogP contribution is -2.40. The minimum Gasteiger partial charge on any atom is -0.340 e. The number of rotatable bonds is 2. The number of hydrogen-bond donors (Lipinski definition) is 2. The van der Waals surface area contributed by atoms with E-state index in [1.165, 1.54) is 0 Å². The summed E-state index contributed by atoms with van der Waals surface area (Å²) < 4.78 is 1.80. The van der Waals surface area contributed by atoms with Gasteiger partial charge in [0.2, 0.25) is 11.8 Å². The van der Waals surface area contributed by atoms with Crippen molar-refractivity contribution in [2.45, 2.75) is 12.5 Å². The fraction of sp³-hybridized carbons (Fsp3) is 0.231. The number of aryl methyl sites for hydroxylation is 1. The number of nitrogens with zero attached hydrogens (tertiary/aromatic N) is 2. The number of carbonyl (C=O) groups is 3. The molecule has 102 valence electrons. The Bertz CT molecular complexity index is 734. The van der Waals surface area contributed by atoms with E-state index in [4.69, 9.17) is 0 Å². The van der Waals surface area contributed by atoms with Crippen LogP contribution in [0.1, 0.15) is 16.8 Å². The fourth-order valence-corrected chi connectivity index (χ4v) is 2.18. The first-order valence-corrected chi connectivity index (χ1v) is 6.10. The van der Waals surface area contributed by atoms with E-state index in [0.717, 1.165) is 11.0 Å². The highest BCUT2D eigenvalue weighted by Crippen LogP contribution is 2.14. The average molecular weight is 272 g/mol. The van der Waals surface area contributed by atoms with Gasteiger partial charge >= 0.3 is 0 Å². The molecule has 2 aromatic rings. The largest absolute Gasteiger partial charge is 0.340 e. The summed E-state index contributed by atoms with van der Waals surface area (Å²) in [6, 6.07) is 4.28. The molecule has 3 rings (SSSR count). The molecule has 1 aliphatic heterocycles. The van der Waals surface area contributed by atoms with Crippen LogP contribution < -0.4 is 10.6 Å². The van der Waals surface area contributed by atoms with E-state index in [0.29, 0.717) is 5.56 Å². The van der Waals surface area contributed by atoms with Gasteiger partial charge in [-0.25, -0.2) is 4.98 Å². The van der Waals surface area contributed by atoms with Gasteiger partial charge in [0.15, 0.2) is 0 Å². The van der Waals surface area contributed by atoms with Gasteiger partial charge in [-0.1, -0.05) is 0 Å². The standard InChI is InChI=1S/C13H12N4O3/c1-17-6-14-8-3-2-7(4-10(8)17)12(19)15-9-5-11(18)16-13(9)20/h2-4,6,9H,5H2,1H3,(H,15,19)(H,16,18,20). The molecule has 7 heteroatoms. The Hall–Kier alpha value is -2.70. The van der Waals surface area contributed by atoms with Crippen molar-refractivity contribution >= 4 is 28.8 Å². The summed E-state index contributed by atoms with van der Waals surface area (Å²) in [6.45, 7) is 0. The molecular weight excluding hydrogens is 260 g/mol. The zero-order valence-electron chi connectivity index (χ0n) is 10.7. The fourth-order valence-electron chi connectivity index (χ4n) is 2.18. The minimum absolute atomic E-state index is 0.0153. The zero-order chi connectivity index (χ0) is 14.3. The minimum atomic E-state index is -0.794. The van der Waals surface area contributed by atoms with Crippen molar-refractivity contribution in [1.29, 1.82) is 0 Å². The number of nitrogens with one attached hydrogen (secondary N) is 2. The Balaban J connectivity index is 1.83. The third-order valence-electron chi connectivity index (χ3n) is 3.26. The maximum Gasteiger partial charge on any atom is 0.252 e. The Labute approximate surface area is 114 Å². The number of carbonyl (C=O) groups excluding carboxylic acids is 3. The molecule has 0 aliphatic carbocycles. The van der Waals surface area contributed by atoms with Gasteiger partial charge in [-0.2, -0.15) is 0 Å². The van der Waals surface area contributed by atoms with Gasteiger partial charge < -0.3 is 9.88 Å². The van der Waals surface area contributed by atoms with Crippen LogP contribution in [0.2, 0.25) is 0 Å². The summed E-state index contributed by atoms with van der Waals surface area (Å²) in [5.74, 6) is -1.23. The molecule has 2 N–H and O–H groups in total. The van der Waals surface area contributed by atoms with E-state index in [-0.39, 0.29) is 18.2 Å². The van der Waals surface area contributed by atoms with Crippen LogP contribution in [0, 0.1) is 0 Å². The van der Waals surface area contributed by atoms with Crippen LogP contribution in [-0.4, -0.2) is 33.3 Å². The number of aromatic nitrogens is 2. The van der Waals surface area contributed by atoms with Gasteiger partial charge in [-0.05, 0) is 18.2 Å². The average Bonchev–Trinajstić information content (AvgIpc) is 2.93. The highest BCUT2D eigenvalue weighted by molar-refractivity contribution is 6.08. The molecule has 0 bridgehead atoms. The highest BCUT2D eigenvalue weighted by atomic mass is 16.2. The van der Waals surface area contributed by atoms with Crippen molar-refractivity contribution in [2.24, 2.45) is 7.05 Å². The van der Waals surface area contributed by atoms with Crippen LogP contribution in [0.5, 0.6) is 0 Å². The molecule has 0 saturated carbocycles. The van der Waals surface area contributed by atoms with Crippen LogP contribution in [-0.2, 0) is 16.6 Å². The van der Waals surface area contributed by atoms with E-state index in [1.807, 2.05) is 7.05 Å². The molecule has 0 radical (unpaired) electrons. The van der Waals surface area contributed by atoms with Crippen LogP contribution in [0.4, 0.5) is 0 Å². The van der Waals surface area contributed by atoms with Crippen LogP contribution >= 0.6 is 0 Å². The van der Waals surface area contributed by atoms with E-state index < -0.39 is 11.9 Å². The van der Waals surface area contributed by atoms with Crippen molar-refractivity contribution < 1.29 is 14.4 Å². The summed E-state index contributed by atoms with van der Waals surface area (Å²) in [4.78, 5) is 38.8. The number of benzene rings is 1. The van der Waals surface area contributed by atoms with E-state index >= 15 is 0 Å². The van der Waals surface area contributed by atoms with Crippen LogP contribution in [0.3, 0.4) is 0 Å². The molecular formula is C13H12N4O3. The normalized spacial score (nSPS) is 18.4. The maximum absolute atomic E-state index is 12.1. The highest BCUT2D eigenvalue weighted by Gasteiger charge is 2.31. The molecule has 2 heterocycles. The topological polar surface area (TPSA) is 93.1 Å². The first kappa shape index (κ1) is 12.3. The smallest absolute Gasteiger partial charge is 0.252 e. The Morgan fingerprint density at radius 3 is 2.95 bits per heavy atom. The molecule has 3 amide bonds. The molecule has 1 saturated heterocycles. The second-order valence-corrected chi connectivity index (χ2v) is 4.70. The Kier molecular flexibility index (Phi) is 2.74. The predicted molar refractivity (Wildman–Crippen MR) is 69.7 cm³/mol. The summed E-state index contributed by atoms with van der Waals surface area (Å²) in [7, 11) is 1.83. The summed E-state index contributed by atoms with van der Waals surface area (Å²) in [5.41, 5.74) is 2.04. The zero-order valence-corrected chi connectivity index (χ0v) is 10.7. The first-order chi connectivity index (χ1) is 9.54. The Morgan fingerprint density at radius 2 is 2.25 bits per heavy atom. The summed E-state index contributed by atoms with van der Waals surface area (Å²) in [6.07, 6.45) is 1.65. The number of imide groups is 1. The number of hydrogen-bond acceptors (Lipinski definition) is 4. The quantitative estimate of drug-likeness (QED) is 0.735. The molecule has 1 aliphatic rings. The third kappa shape index (κ3) is 2.03. The molecule has 20 heavy (non-hydrogen) atoms. The van der Waals surface area contributed by atoms with Gasteiger partial charge in [0, 0.05) is 12.6 Å². The second-order valence-electron chi connectivity index (χ2n) is 4.70. The van der Waals surface area contributed by atoms with Gasteiger partial charge in [0.1, 0.15) is 6.04 Å². The predicted octanol–water partition coefficient (Wildman–Crippen LogP) is -0.282. The van der Waals surface area contributed by atoms with Crippen molar-refractivity contribution in [1.82, 2.24) is 20.2 Å². The molecule has 1 unspecified atom stereocenters. The summed E-state index contributed by atoms with van der Waals surface area (Å²) in [5, 5.41) is 4.70. The van der Waals surface area contributed by atoms with Crippen LogP contribution in [0.15, 0.2) is 24.5 Å². The second kappa shape index (κ2) is 4.44. The number of imidazole rings is 1.